The fourth-order valence-electron chi connectivity index (χ4n) is 0.712. The summed E-state index contributed by atoms with van der Waals surface area (Å²) in [6.07, 6.45) is 0.872. The highest BCUT2D eigenvalue weighted by atomic mass is 16.5. The molecule has 0 fully saturated rings. The molecular weight excluding hydrogens is 160 g/mol. The first-order chi connectivity index (χ1) is 5.49. The highest BCUT2D eigenvalue weighted by Crippen LogP contribution is 2.10. The minimum atomic E-state index is -1.14. The van der Waals surface area contributed by atoms with E-state index >= 15 is 0 Å². The zero-order chi connectivity index (χ0) is 9.72. The van der Waals surface area contributed by atoms with E-state index in [1.807, 2.05) is 0 Å². The van der Waals surface area contributed by atoms with E-state index in [1.54, 1.807) is 13.8 Å². The number of hydrogen-bond acceptors (Lipinski definition) is 3. The number of aliphatic carboxylic acids is 1. The molecule has 0 saturated heterocycles. The van der Waals surface area contributed by atoms with Gasteiger partial charge >= 0.3 is 11.9 Å². The predicted octanol–water partition coefficient (Wildman–Crippen LogP) is 0.826. The molecule has 0 aliphatic heterocycles. The van der Waals surface area contributed by atoms with Crippen molar-refractivity contribution in [3.05, 3.63) is 11.6 Å². The van der Waals surface area contributed by atoms with Crippen LogP contribution in [0, 0.1) is 5.92 Å². The lowest BCUT2D eigenvalue weighted by molar-refractivity contribution is -0.138. The van der Waals surface area contributed by atoms with Crippen LogP contribution in [0.4, 0.5) is 0 Å². The summed E-state index contributed by atoms with van der Waals surface area (Å²) in [5.74, 6) is -1.87. The molecule has 68 valence electrons. The minimum absolute atomic E-state index is 0.145. The number of carbonyl (C=O) groups is 2. The largest absolute Gasteiger partial charge is 0.478 e. The summed E-state index contributed by atoms with van der Waals surface area (Å²) in [6.45, 7) is 3.46. The van der Waals surface area contributed by atoms with Crippen LogP contribution in [-0.4, -0.2) is 24.2 Å². The van der Waals surface area contributed by atoms with Gasteiger partial charge in [-0.3, -0.25) is 0 Å². The Morgan fingerprint density at radius 1 is 1.42 bits per heavy atom. The van der Waals surface area contributed by atoms with Gasteiger partial charge in [-0.1, -0.05) is 13.8 Å². The molecule has 4 heteroatoms. The lowest BCUT2D eigenvalue weighted by Gasteiger charge is -2.06. The molecule has 4 nitrogen and oxygen atoms in total. The summed E-state index contributed by atoms with van der Waals surface area (Å²) in [5.41, 5.74) is 0.171. The van der Waals surface area contributed by atoms with Crippen LogP contribution in [0.15, 0.2) is 11.6 Å². The Morgan fingerprint density at radius 3 is 2.17 bits per heavy atom. The molecule has 0 aromatic heterocycles. The Balaban J connectivity index is 4.66. The van der Waals surface area contributed by atoms with Crippen molar-refractivity contribution in [2.45, 2.75) is 13.8 Å². The Hall–Kier alpha value is -1.32. The van der Waals surface area contributed by atoms with E-state index in [2.05, 4.69) is 4.74 Å². The second-order valence-electron chi connectivity index (χ2n) is 2.58. The maximum atomic E-state index is 10.9. The summed E-state index contributed by atoms with van der Waals surface area (Å²) in [5, 5.41) is 8.39. The molecule has 0 saturated carbocycles. The van der Waals surface area contributed by atoms with Gasteiger partial charge in [0.15, 0.2) is 0 Å². The van der Waals surface area contributed by atoms with Crippen molar-refractivity contribution < 1.29 is 19.4 Å². The van der Waals surface area contributed by atoms with Gasteiger partial charge < -0.3 is 9.84 Å². The Bertz CT molecular complexity index is 215. The van der Waals surface area contributed by atoms with Crippen molar-refractivity contribution in [2.75, 3.05) is 7.11 Å². The lowest BCUT2D eigenvalue weighted by Crippen LogP contribution is -2.12. The number of carboxylic acids is 1. The van der Waals surface area contributed by atoms with Crippen molar-refractivity contribution >= 4 is 11.9 Å². The van der Waals surface area contributed by atoms with Gasteiger partial charge in [0.05, 0.1) is 7.11 Å². The molecule has 12 heavy (non-hydrogen) atoms. The monoisotopic (exact) mass is 172 g/mol. The van der Waals surface area contributed by atoms with Crippen LogP contribution in [0.2, 0.25) is 0 Å². The maximum absolute atomic E-state index is 10.9. The average Bonchev–Trinajstić information content (AvgIpc) is 1.98. The Labute approximate surface area is 70.8 Å². The molecule has 0 radical (unpaired) electrons. The van der Waals surface area contributed by atoms with E-state index < -0.39 is 11.9 Å². The summed E-state index contributed by atoms with van der Waals surface area (Å²) in [6, 6.07) is 0. The number of rotatable bonds is 3. The fourth-order valence-corrected chi connectivity index (χ4v) is 0.712. The highest BCUT2D eigenvalue weighted by Gasteiger charge is 2.14. The first-order valence-corrected chi connectivity index (χ1v) is 3.51. The smallest absolute Gasteiger partial charge is 0.334 e. The topological polar surface area (TPSA) is 63.6 Å². The third kappa shape index (κ3) is 3.18. The minimum Gasteiger partial charge on any atom is -0.478 e. The summed E-state index contributed by atoms with van der Waals surface area (Å²) < 4.78 is 4.40. The SMILES string of the molecule is COC(=O)/C(=C/C(=O)O)C(C)C. The quantitative estimate of drug-likeness (QED) is 0.505. The first kappa shape index (κ1) is 10.7. The van der Waals surface area contributed by atoms with Crippen molar-refractivity contribution in [1.29, 1.82) is 0 Å². The first-order valence-electron chi connectivity index (χ1n) is 3.51. The Kier molecular flexibility index (Phi) is 4.04. The number of ether oxygens (including phenoxy) is 1. The van der Waals surface area contributed by atoms with E-state index in [4.69, 9.17) is 5.11 Å². The average molecular weight is 172 g/mol. The summed E-state index contributed by atoms with van der Waals surface area (Å²) in [7, 11) is 1.22. The van der Waals surface area contributed by atoms with Crippen LogP contribution in [0.1, 0.15) is 13.8 Å². The fraction of sp³-hybridized carbons (Fsp3) is 0.500. The van der Waals surface area contributed by atoms with E-state index in [0.29, 0.717) is 0 Å². The molecule has 0 rings (SSSR count). The van der Waals surface area contributed by atoms with Gasteiger partial charge in [0, 0.05) is 11.6 Å². The van der Waals surface area contributed by atoms with E-state index in [-0.39, 0.29) is 11.5 Å². The van der Waals surface area contributed by atoms with Crippen molar-refractivity contribution in [3.63, 3.8) is 0 Å². The number of hydrogen-bond donors (Lipinski definition) is 1. The van der Waals surface area contributed by atoms with E-state index in [0.717, 1.165) is 6.08 Å². The summed E-state index contributed by atoms with van der Waals surface area (Å²) in [4.78, 5) is 21.2. The van der Waals surface area contributed by atoms with Crippen LogP contribution in [0.3, 0.4) is 0 Å². The van der Waals surface area contributed by atoms with Crippen LogP contribution in [0.5, 0.6) is 0 Å². The lowest BCUT2D eigenvalue weighted by atomic mass is 10.0. The molecule has 0 atom stereocenters. The van der Waals surface area contributed by atoms with Gasteiger partial charge in [0.2, 0.25) is 0 Å². The molecule has 0 spiro atoms. The van der Waals surface area contributed by atoms with Crippen LogP contribution < -0.4 is 0 Å². The van der Waals surface area contributed by atoms with Crippen LogP contribution >= 0.6 is 0 Å². The second kappa shape index (κ2) is 4.54. The third-order valence-electron chi connectivity index (χ3n) is 1.32. The summed E-state index contributed by atoms with van der Waals surface area (Å²) >= 11 is 0. The normalized spacial score (nSPS) is 11.5. The second-order valence-corrected chi connectivity index (χ2v) is 2.58. The molecule has 0 aliphatic carbocycles. The number of methoxy groups -OCH3 is 1. The molecule has 0 heterocycles. The van der Waals surface area contributed by atoms with Gasteiger partial charge in [-0.2, -0.15) is 0 Å². The zero-order valence-corrected chi connectivity index (χ0v) is 7.33. The number of carboxylic acid groups (broad SMARTS) is 1. The molecule has 0 aliphatic rings. The molecule has 0 aromatic rings. The molecule has 0 aromatic carbocycles. The molecule has 1 N–H and O–H groups in total. The predicted molar refractivity (Wildman–Crippen MR) is 42.6 cm³/mol. The molecular formula is C8H12O4. The van der Waals surface area contributed by atoms with Gasteiger partial charge in [0.1, 0.15) is 0 Å². The van der Waals surface area contributed by atoms with Gasteiger partial charge in [-0.15, -0.1) is 0 Å². The maximum Gasteiger partial charge on any atom is 0.334 e. The standard InChI is InChI=1S/C8H12O4/c1-5(2)6(4-7(9)10)8(11)12-3/h4-5H,1-3H3,(H,9,10)/b6-4+. The third-order valence-corrected chi connectivity index (χ3v) is 1.32. The molecule has 0 unspecified atom stereocenters. The van der Waals surface area contributed by atoms with Gasteiger partial charge in [-0.25, -0.2) is 9.59 Å². The van der Waals surface area contributed by atoms with Gasteiger partial charge in [0.25, 0.3) is 0 Å². The van der Waals surface area contributed by atoms with Crippen LogP contribution in [-0.2, 0) is 14.3 Å². The number of carbonyl (C=O) groups excluding carboxylic acids is 1. The molecule has 0 bridgehead atoms. The van der Waals surface area contributed by atoms with Crippen molar-refractivity contribution in [1.82, 2.24) is 0 Å². The van der Waals surface area contributed by atoms with Crippen molar-refractivity contribution in [2.24, 2.45) is 5.92 Å². The Morgan fingerprint density at radius 2 is 1.92 bits per heavy atom. The van der Waals surface area contributed by atoms with E-state index in [1.165, 1.54) is 7.11 Å². The van der Waals surface area contributed by atoms with Crippen LogP contribution in [0.25, 0.3) is 0 Å². The number of esters is 1. The zero-order valence-electron chi connectivity index (χ0n) is 7.33. The van der Waals surface area contributed by atoms with E-state index in [9.17, 15) is 9.59 Å². The van der Waals surface area contributed by atoms with Crippen molar-refractivity contribution in [3.8, 4) is 0 Å². The highest BCUT2D eigenvalue weighted by molar-refractivity contribution is 5.95. The van der Waals surface area contributed by atoms with Gasteiger partial charge in [-0.05, 0) is 5.92 Å². The molecule has 0 amide bonds.